The molecular formula is C15H10N4O. The standard InChI is InChI=1S/C15H10N4O/c1-9-10(2)19-14(17-18-15(19)13(9)7-16)12-5-3-11(8-20)4-6-12/h3-6,8H,2H2,1H3. The van der Waals surface area contributed by atoms with Crippen LogP contribution in [0.4, 0.5) is 0 Å². The van der Waals surface area contributed by atoms with Crippen molar-refractivity contribution >= 4 is 18.5 Å². The number of benzene rings is 1. The van der Waals surface area contributed by atoms with Crippen molar-refractivity contribution in [3.8, 4) is 17.5 Å². The Labute approximate surface area is 114 Å². The quantitative estimate of drug-likeness (QED) is 0.656. The van der Waals surface area contributed by atoms with Gasteiger partial charge in [0.15, 0.2) is 11.5 Å². The van der Waals surface area contributed by atoms with E-state index in [1.165, 1.54) is 0 Å². The fourth-order valence-corrected chi connectivity index (χ4v) is 2.21. The average molecular weight is 262 g/mol. The monoisotopic (exact) mass is 262 g/mol. The van der Waals surface area contributed by atoms with Crippen molar-refractivity contribution in [2.75, 3.05) is 0 Å². The maximum atomic E-state index is 10.7. The first-order valence-electron chi connectivity index (χ1n) is 5.99. The van der Waals surface area contributed by atoms with E-state index in [4.69, 9.17) is 0 Å². The summed E-state index contributed by atoms with van der Waals surface area (Å²) < 4.78 is 1.77. The van der Waals surface area contributed by atoms with Gasteiger partial charge >= 0.3 is 0 Å². The van der Waals surface area contributed by atoms with E-state index in [2.05, 4.69) is 22.8 Å². The predicted octanol–water partition coefficient (Wildman–Crippen LogP) is 1.52. The molecule has 20 heavy (non-hydrogen) atoms. The first-order valence-corrected chi connectivity index (χ1v) is 5.99. The Balaban J connectivity index is 2.30. The highest BCUT2D eigenvalue weighted by atomic mass is 16.1. The normalized spacial score (nSPS) is 10.6. The van der Waals surface area contributed by atoms with Crippen LogP contribution in [0.3, 0.4) is 0 Å². The first kappa shape index (κ1) is 12.1. The minimum absolute atomic E-state index is 0.498. The van der Waals surface area contributed by atoms with Crippen LogP contribution in [0.5, 0.6) is 0 Å². The van der Waals surface area contributed by atoms with Crippen LogP contribution in [0.15, 0.2) is 24.3 Å². The van der Waals surface area contributed by atoms with E-state index >= 15 is 0 Å². The van der Waals surface area contributed by atoms with Gasteiger partial charge in [-0.05, 0) is 12.5 Å². The molecule has 0 fully saturated rings. The number of hydrogen-bond donors (Lipinski definition) is 0. The summed E-state index contributed by atoms with van der Waals surface area (Å²) >= 11 is 0. The number of nitriles is 1. The number of fused-ring (bicyclic) bond motifs is 1. The number of aldehydes is 1. The summed E-state index contributed by atoms with van der Waals surface area (Å²) in [7, 11) is 0. The lowest BCUT2D eigenvalue weighted by Gasteiger charge is -1.98. The van der Waals surface area contributed by atoms with Crippen molar-refractivity contribution < 1.29 is 4.79 Å². The molecule has 5 heteroatoms. The molecule has 0 aliphatic heterocycles. The lowest BCUT2D eigenvalue weighted by atomic mass is 10.1. The maximum Gasteiger partial charge on any atom is 0.179 e. The third-order valence-electron chi connectivity index (χ3n) is 3.38. The van der Waals surface area contributed by atoms with Crippen molar-refractivity contribution in [1.29, 1.82) is 5.26 Å². The average Bonchev–Trinajstić information content (AvgIpc) is 3.00. The molecule has 0 radical (unpaired) electrons. The highest BCUT2D eigenvalue weighted by Crippen LogP contribution is 2.20. The Morgan fingerprint density at radius 2 is 2.00 bits per heavy atom. The third-order valence-corrected chi connectivity index (χ3v) is 3.38. The maximum absolute atomic E-state index is 10.7. The number of carbonyl (C=O) groups is 1. The Morgan fingerprint density at radius 3 is 2.60 bits per heavy atom. The zero-order chi connectivity index (χ0) is 14.3. The third kappa shape index (κ3) is 1.52. The molecule has 0 unspecified atom stereocenters. The topological polar surface area (TPSA) is 71.0 Å². The summed E-state index contributed by atoms with van der Waals surface area (Å²) in [5.41, 5.74) is 3.24. The second kappa shape index (κ2) is 4.28. The molecule has 5 nitrogen and oxygen atoms in total. The van der Waals surface area contributed by atoms with Gasteiger partial charge in [0.25, 0.3) is 0 Å². The fraction of sp³-hybridized carbons (Fsp3) is 0.0667. The molecule has 1 aromatic carbocycles. The van der Waals surface area contributed by atoms with Crippen LogP contribution in [-0.2, 0) is 0 Å². The number of aromatic nitrogens is 3. The van der Waals surface area contributed by atoms with Crippen LogP contribution in [-0.4, -0.2) is 20.9 Å². The lowest BCUT2D eigenvalue weighted by molar-refractivity contribution is 0.112. The van der Waals surface area contributed by atoms with Gasteiger partial charge < -0.3 is 0 Å². The zero-order valence-corrected chi connectivity index (χ0v) is 10.8. The number of nitrogens with zero attached hydrogens (tertiary/aromatic N) is 4. The largest absolute Gasteiger partial charge is 0.298 e. The van der Waals surface area contributed by atoms with E-state index in [0.29, 0.717) is 27.9 Å². The fourth-order valence-electron chi connectivity index (χ4n) is 2.21. The summed E-state index contributed by atoms with van der Waals surface area (Å²) in [6.45, 7) is 5.83. The molecule has 0 bridgehead atoms. The van der Waals surface area contributed by atoms with Crippen LogP contribution in [0.1, 0.15) is 21.5 Å². The molecule has 2 aromatic heterocycles. The van der Waals surface area contributed by atoms with E-state index in [9.17, 15) is 10.1 Å². The number of carbonyl (C=O) groups excluding carboxylic acids is 1. The number of rotatable bonds is 2. The van der Waals surface area contributed by atoms with Crippen molar-refractivity contribution in [3.05, 3.63) is 46.3 Å². The summed E-state index contributed by atoms with van der Waals surface area (Å²) in [6.07, 6.45) is 0.788. The number of hydrogen-bond acceptors (Lipinski definition) is 4. The Bertz CT molecular complexity index is 900. The van der Waals surface area contributed by atoms with Crippen molar-refractivity contribution in [3.63, 3.8) is 0 Å². The zero-order valence-electron chi connectivity index (χ0n) is 10.8. The first-order chi connectivity index (χ1) is 9.67. The molecule has 0 aliphatic rings. The van der Waals surface area contributed by atoms with Gasteiger partial charge in [0.2, 0.25) is 0 Å². The summed E-state index contributed by atoms with van der Waals surface area (Å²) in [5, 5.41) is 18.1. The molecule has 3 rings (SSSR count). The van der Waals surface area contributed by atoms with Crippen LogP contribution in [0.2, 0.25) is 0 Å². The second-order valence-corrected chi connectivity index (χ2v) is 4.48. The molecule has 0 N–H and O–H groups in total. The van der Waals surface area contributed by atoms with E-state index in [1.807, 2.05) is 6.92 Å². The molecular weight excluding hydrogens is 252 g/mol. The van der Waals surface area contributed by atoms with Crippen LogP contribution in [0, 0.1) is 18.3 Å². The minimum atomic E-state index is 0.498. The van der Waals surface area contributed by atoms with Crippen molar-refractivity contribution in [1.82, 2.24) is 14.6 Å². The molecule has 0 spiro atoms. The molecule has 96 valence electrons. The molecule has 3 aromatic rings. The van der Waals surface area contributed by atoms with Gasteiger partial charge in [-0.1, -0.05) is 30.8 Å². The Kier molecular flexibility index (Phi) is 2.58. The van der Waals surface area contributed by atoms with E-state index in [-0.39, 0.29) is 0 Å². The molecule has 0 saturated carbocycles. The van der Waals surface area contributed by atoms with Gasteiger partial charge in [-0.2, -0.15) is 5.26 Å². The summed E-state index contributed by atoms with van der Waals surface area (Å²) in [6, 6.07) is 9.16. The highest BCUT2D eigenvalue weighted by molar-refractivity contribution is 5.76. The van der Waals surface area contributed by atoms with Gasteiger partial charge in [-0.3, -0.25) is 9.20 Å². The SMILES string of the molecule is C=c1c(C)c(C#N)c2nnc(-c3ccc(C=O)cc3)n12. The summed E-state index contributed by atoms with van der Waals surface area (Å²) in [4.78, 5) is 10.7. The minimum Gasteiger partial charge on any atom is -0.298 e. The van der Waals surface area contributed by atoms with Gasteiger partial charge in [-0.25, -0.2) is 0 Å². The summed E-state index contributed by atoms with van der Waals surface area (Å²) in [5.74, 6) is 0.618. The highest BCUT2D eigenvalue weighted by Gasteiger charge is 2.17. The van der Waals surface area contributed by atoms with Crippen LogP contribution >= 0.6 is 0 Å². The van der Waals surface area contributed by atoms with E-state index < -0.39 is 0 Å². The smallest absolute Gasteiger partial charge is 0.179 e. The Hall–Kier alpha value is -3.00. The molecule has 0 atom stereocenters. The van der Waals surface area contributed by atoms with E-state index in [1.54, 1.807) is 28.7 Å². The molecule has 0 amide bonds. The van der Waals surface area contributed by atoms with Crippen LogP contribution in [0.25, 0.3) is 23.6 Å². The van der Waals surface area contributed by atoms with Gasteiger partial charge in [0.05, 0.1) is 0 Å². The molecule has 0 aliphatic carbocycles. The molecule has 2 heterocycles. The Morgan fingerprint density at radius 1 is 1.30 bits per heavy atom. The second-order valence-electron chi connectivity index (χ2n) is 4.48. The van der Waals surface area contributed by atoms with Crippen LogP contribution < -0.4 is 5.35 Å². The van der Waals surface area contributed by atoms with Gasteiger partial charge in [0, 0.05) is 16.5 Å². The van der Waals surface area contributed by atoms with E-state index in [0.717, 1.165) is 17.4 Å². The van der Waals surface area contributed by atoms with Gasteiger partial charge in [-0.15, -0.1) is 10.2 Å². The van der Waals surface area contributed by atoms with Gasteiger partial charge in [0.1, 0.15) is 17.9 Å². The lowest BCUT2D eigenvalue weighted by Crippen LogP contribution is -2.09. The molecule has 0 saturated heterocycles. The predicted molar refractivity (Wildman–Crippen MR) is 74.0 cm³/mol. The van der Waals surface area contributed by atoms with Crippen molar-refractivity contribution in [2.24, 2.45) is 0 Å². The van der Waals surface area contributed by atoms with Crippen molar-refractivity contribution in [2.45, 2.75) is 6.92 Å².